The minimum atomic E-state index is -0.305. The quantitative estimate of drug-likeness (QED) is 0.606. The van der Waals surface area contributed by atoms with E-state index in [0.717, 1.165) is 0 Å². The van der Waals surface area contributed by atoms with Gasteiger partial charge < -0.3 is 5.32 Å². The summed E-state index contributed by atoms with van der Waals surface area (Å²) in [6.45, 7) is 1.83. The van der Waals surface area contributed by atoms with Crippen molar-refractivity contribution in [1.82, 2.24) is 0 Å². The molecule has 0 aliphatic rings. The first kappa shape index (κ1) is 15.9. The van der Waals surface area contributed by atoms with E-state index >= 15 is 0 Å². The molecule has 0 amide bonds. The molecular formula is C14H10BrCl3FN. The normalized spacial score (nSPS) is 12.3. The van der Waals surface area contributed by atoms with Crippen LogP contribution in [0.1, 0.15) is 18.5 Å². The summed E-state index contributed by atoms with van der Waals surface area (Å²) < 4.78 is 14.6. The summed E-state index contributed by atoms with van der Waals surface area (Å²) in [5.74, 6) is -0.305. The van der Waals surface area contributed by atoms with Gasteiger partial charge in [0.15, 0.2) is 0 Å². The topological polar surface area (TPSA) is 12.0 Å². The van der Waals surface area contributed by atoms with Gasteiger partial charge in [0.05, 0.1) is 21.8 Å². The maximum absolute atomic E-state index is 13.9. The number of hydrogen-bond donors (Lipinski definition) is 1. The van der Waals surface area contributed by atoms with E-state index < -0.39 is 0 Å². The molecule has 0 radical (unpaired) electrons. The van der Waals surface area contributed by atoms with Gasteiger partial charge in [-0.1, -0.05) is 56.8 Å². The van der Waals surface area contributed by atoms with Crippen molar-refractivity contribution in [1.29, 1.82) is 0 Å². The minimum Gasteiger partial charge on any atom is -0.376 e. The molecule has 0 bridgehead atoms. The molecule has 0 aliphatic heterocycles. The molecule has 1 unspecified atom stereocenters. The second kappa shape index (κ2) is 6.52. The van der Waals surface area contributed by atoms with Crippen molar-refractivity contribution >= 4 is 56.4 Å². The molecule has 6 heteroatoms. The Balaban J connectivity index is 2.30. The third-order valence-corrected chi connectivity index (χ3v) is 4.10. The summed E-state index contributed by atoms with van der Waals surface area (Å²) in [7, 11) is 0. The van der Waals surface area contributed by atoms with Gasteiger partial charge in [-0.25, -0.2) is 4.39 Å². The van der Waals surface area contributed by atoms with E-state index in [1.807, 2.05) is 6.92 Å². The maximum Gasteiger partial charge on any atom is 0.129 e. The zero-order valence-electron chi connectivity index (χ0n) is 10.4. The van der Waals surface area contributed by atoms with E-state index in [-0.39, 0.29) is 11.9 Å². The third-order valence-electron chi connectivity index (χ3n) is 2.80. The standard InChI is InChI=1S/C14H10BrCl3FN/c1-7(10-3-2-8(15)4-13(10)19)20-14-11(17)5-9(16)6-12(14)18/h2-7,20H,1H3. The molecule has 0 aliphatic carbocycles. The molecule has 2 aromatic rings. The number of benzene rings is 2. The Morgan fingerprint density at radius 1 is 1.10 bits per heavy atom. The van der Waals surface area contributed by atoms with Crippen molar-refractivity contribution in [3.63, 3.8) is 0 Å². The molecule has 0 saturated heterocycles. The van der Waals surface area contributed by atoms with Crippen LogP contribution in [-0.2, 0) is 0 Å². The van der Waals surface area contributed by atoms with Crippen LogP contribution in [0.15, 0.2) is 34.8 Å². The van der Waals surface area contributed by atoms with Crippen LogP contribution >= 0.6 is 50.7 Å². The predicted octanol–water partition coefficient (Wildman–Crippen LogP) is 6.72. The Bertz CT molecular complexity index is 625. The van der Waals surface area contributed by atoms with Crippen molar-refractivity contribution in [2.75, 3.05) is 5.32 Å². The van der Waals surface area contributed by atoms with E-state index in [9.17, 15) is 4.39 Å². The van der Waals surface area contributed by atoms with Crippen molar-refractivity contribution in [3.8, 4) is 0 Å². The van der Waals surface area contributed by atoms with Crippen LogP contribution in [0.5, 0.6) is 0 Å². The Morgan fingerprint density at radius 3 is 2.25 bits per heavy atom. The van der Waals surface area contributed by atoms with Crippen LogP contribution in [0, 0.1) is 5.82 Å². The Kier molecular flexibility index (Phi) is 5.19. The fourth-order valence-electron chi connectivity index (χ4n) is 1.83. The molecule has 2 aromatic carbocycles. The summed E-state index contributed by atoms with van der Waals surface area (Å²) in [6, 6.07) is 7.78. The number of halogens is 5. The monoisotopic (exact) mass is 395 g/mol. The maximum atomic E-state index is 13.9. The first-order valence-electron chi connectivity index (χ1n) is 5.74. The largest absolute Gasteiger partial charge is 0.376 e. The van der Waals surface area contributed by atoms with E-state index in [1.54, 1.807) is 24.3 Å². The molecule has 20 heavy (non-hydrogen) atoms. The fourth-order valence-corrected chi connectivity index (χ4v) is 3.09. The lowest BCUT2D eigenvalue weighted by Gasteiger charge is -2.19. The molecule has 1 atom stereocenters. The second-order valence-corrected chi connectivity index (χ2v) is 6.44. The Labute approximate surface area is 140 Å². The van der Waals surface area contributed by atoms with Gasteiger partial charge in [-0.3, -0.25) is 0 Å². The lowest BCUT2D eigenvalue weighted by atomic mass is 10.1. The molecule has 106 valence electrons. The first-order chi connectivity index (χ1) is 9.38. The van der Waals surface area contributed by atoms with Gasteiger partial charge in [-0.2, -0.15) is 0 Å². The third kappa shape index (κ3) is 3.59. The molecule has 1 nitrogen and oxygen atoms in total. The highest BCUT2D eigenvalue weighted by molar-refractivity contribution is 9.10. The zero-order chi connectivity index (χ0) is 14.9. The Morgan fingerprint density at radius 2 is 1.70 bits per heavy atom. The smallest absolute Gasteiger partial charge is 0.129 e. The van der Waals surface area contributed by atoms with Gasteiger partial charge in [0.25, 0.3) is 0 Å². The average Bonchev–Trinajstić information content (AvgIpc) is 2.33. The van der Waals surface area contributed by atoms with Crippen molar-refractivity contribution < 1.29 is 4.39 Å². The van der Waals surface area contributed by atoms with E-state index in [1.165, 1.54) is 6.07 Å². The van der Waals surface area contributed by atoms with Crippen LogP contribution in [0.25, 0.3) is 0 Å². The highest BCUT2D eigenvalue weighted by Crippen LogP contribution is 2.36. The van der Waals surface area contributed by atoms with E-state index in [2.05, 4.69) is 21.2 Å². The predicted molar refractivity (Wildman–Crippen MR) is 87.6 cm³/mol. The molecule has 0 saturated carbocycles. The number of hydrogen-bond acceptors (Lipinski definition) is 1. The second-order valence-electron chi connectivity index (χ2n) is 4.28. The lowest BCUT2D eigenvalue weighted by molar-refractivity contribution is 0.599. The number of rotatable bonds is 3. The fraction of sp³-hybridized carbons (Fsp3) is 0.143. The number of anilines is 1. The van der Waals surface area contributed by atoms with Crippen LogP contribution in [0.2, 0.25) is 15.1 Å². The first-order valence-corrected chi connectivity index (χ1v) is 7.67. The molecular weight excluding hydrogens is 387 g/mol. The van der Waals surface area contributed by atoms with Crippen molar-refractivity contribution in [3.05, 3.63) is 61.3 Å². The van der Waals surface area contributed by atoms with Gasteiger partial charge >= 0.3 is 0 Å². The van der Waals surface area contributed by atoms with Crippen molar-refractivity contribution in [2.45, 2.75) is 13.0 Å². The van der Waals surface area contributed by atoms with E-state index in [4.69, 9.17) is 34.8 Å². The molecule has 0 spiro atoms. The average molecular weight is 398 g/mol. The molecule has 0 aromatic heterocycles. The zero-order valence-corrected chi connectivity index (χ0v) is 14.2. The summed E-state index contributed by atoms with van der Waals surface area (Å²) in [5.41, 5.74) is 1.06. The van der Waals surface area contributed by atoms with Gasteiger partial charge in [-0.15, -0.1) is 0 Å². The molecule has 1 N–H and O–H groups in total. The van der Waals surface area contributed by atoms with Gasteiger partial charge in [0.2, 0.25) is 0 Å². The van der Waals surface area contributed by atoms with Gasteiger partial charge in [-0.05, 0) is 31.2 Å². The summed E-state index contributed by atoms with van der Waals surface area (Å²) in [6.07, 6.45) is 0. The van der Waals surface area contributed by atoms with Crippen LogP contribution in [0.3, 0.4) is 0 Å². The number of nitrogens with one attached hydrogen (secondary N) is 1. The highest BCUT2D eigenvalue weighted by Gasteiger charge is 2.15. The summed E-state index contributed by atoms with van der Waals surface area (Å²) in [4.78, 5) is 0. The minimum absolute atomic E-state index is 0.292. The Hall–Kier alpha value is -0.480. The van der Waals surface area contributed by atoms with E-state index in [0.29, 0.717) is 30.8 Å². The SMILES string of the molecule is CC(Nc1c(Cl)cc(Cl)cc1Cl)c1ccc(Br)cc1F. The van der Waals surface area contributed by atoms with Crippen LogP contribution in [0.4, 0.5) is 10.1 Å². The molecule has 0 heterocycles. The molecule has 0 fully saturated rings. The summed E-state index contributed by atoms with van der Waals surface area (Å²) >= 11 is 21.3. The summed E-state index contributed by atoms with van der Waals surface area (Å²) in [5, 5.41) is 4.35. The van der Waals surface area contributed by atoms with Gasteiger partial charge in [0.1, 0.15) is 5.82 Å². The van der Waals surface area contributed by atoms with Crippen LogP contribution < -0.4 is 5.32 Å². The molecule has 2 rings (SSSR count). The van der Waals surface area contributed by atoms with Crippen molar-refractivity contribution in [2.24, 2.45) is 0 Å². The van der Waals surface area contributed by atoms with Crippen LogP contribution in [-0.4, -0.2) is 0 Å². The lowest BCUT2D eigenvalue weighted by Crippen LogP contribution is -2.09. The van der Waals surface area contributed by atoms with Gasteiger partial charge in [0, 0.05) is 15.1 Å². The highest BCUT2D eigenvalue weighted by atomic mass is 79.9.